The van der Waals surface area contributed by atoms with Crippen LogP contribution in [0.2, 0.25) is 10.4 Å². The van der Waals surface area contributed by atoms with Gasteiger partial charge in [-0.25, -0.2) is 0 Å². The molecule has 46 valence electrons. The zero-order valence-electron chi connectivity index (χ0n) is 5.52. The molecule has 1 atom stereocenters. The van der Waals surface area contributed by atoms with E-state index in [1.807, 2.05) is 0 Å². The van der Waals surface area contributed by atoms with Gasteiger partial charge in [0.15, 0.2) is 0 Å². The van der Waals surface area contributed by atoms with Gasteiger partial charge in [-0.2, -0.15) is 0 Å². The third-order valence-corrected chi connectivity index (χ3v) is 5.28. The third-order valence-electron chi connectivity index (χ3n) is 1.02. The van der Waals surface area contributed by atoms with Crippen LogP contribution in [0.25, 0.3) is 0 Å². The maximum absolute atomic E-state index is 8.47. The van der Waals surface area contributed by atoms with Crippen molar-refractivity contribution >= 4 is 14.7 Å². The molecular weight excluding hydrogens is 161 g/mol. The first-order chi connectivity index (χ1) is 3.85. The Hall–Kier alpha value is 0.0484. The van der Waals surface area contributed by atoms with Crippen molar-refractivity contribution in [1.29, 1.82) is 5.26 Å². The molecule has 0 aromatic rings. The first-order valence-electron chi connectivity index (χ1n) is 2.99. The Kier molecular flexibility index (Phi) is 5.22. The molecule has 0 aliphatic heterocycles. The van der Waals surface area contributed by atoms with Gasteiger partial charge in [-0.05, 0) is 0 Å². The number of nitrogens with zero attached hydrogens (tertiary/aromatic N) is 1. The van der Waals surface area contributed by atoms with Crippen LogP contribution < -0.4 is 0 Å². The minimum atomic E-state index is -0.946. The molecule has 0 aliphatic carbocycles. The molecule has 0 spiro atoms. The van der Waals surface area contributed by atoms with Gasteiger partial charge in [0.2, 0.25) is 0 Å². The van der Waals surface area contributed by atoms with E-state index >= 15 is 0 Å². The molecule has 0 saturated heterocycles. The normalized spacial score (nSPS) is 12.6. The average Bonchev–Trinajstić information content (AvgIpc) is 1.83. The van der Waals surface area contributed by atoms with Crippen molar-refractivity contribution in [3.63, 3.8) is 0 Å². The SMILES string of the molecule is CCC[As](C#N)CC. The molecule has 0 aliphatic rings. The Labute approximate surface area is 56.0 Å². The molecule has 0 aromatic heterocycles. The Balaban J connectivity index is 3.26. The Morgan fingerprint density at radius 2 is 2.12 bits per heavy atom. The van der Waals surface area contributed by atoms with Gasteiger partial charge in [-0.3, -0.25) is 0 Å². The number of hydrogen-bond donors (Lipinski definition) is 0. The molecule has 0 rings (SSSR count). The van der Waals surface area contributed by atoms with Gasteiger partial charge < -0.3 is 0 Å². The first kappa shape index (κ1) is 8.05. The van der Waals surface area contributed by atoms with Crippen LogP contribution in [0, 0.1) is 10.1 Å². The molecule has 0 amide bonds. The summed E-state index contributed by atoms with van der Waals surface area (Å²) in [6.07, 6.45) is 1.20. The topological polar surface area (TPSA) is 23.8 Å². The maximum atomic E-state index is 8.47. The van der Waals surface area contributed by atoms with E-state index in [0.717, 1.165) is 5.21 Å². The van der Waals surface area contributed by atoms with Crippen LogP contribution in [0.1, 0.15) is 20.3 Å². The molecule has 0 N–H and O–H groups in total. The second-order valence-corrected chi connectivity index (χ2v) is 6.63. The Morgan fingerprint density at radius 1 is 1.50 bits per heavy atom. The number of hydrogen-bond acceptors (Lipinski definition) is 1. The predicted molar refractivity (Wildman–Crippen MR) is 36.9 cm³/mol. The molecule has 0 fully saturated rings. The van der Waals surface area contributed by atoms with Crippen LogP contribution in [0.5, 0.6) is 0 Å². The zero-order valence-corrected chi connectivity index (χ0v) is 7.39. The minimum absolute atomic E-state index is 0.946. The molecule has 1 nitrogen and oxygen atoms in total. The Morgan fingerprint density at radius 3 is 2.25 bits per heavy atom. The van der Waals surface area contributed by atoms with Crippen molar-refractivity contribution in [1.82, 2.24) is 0 Å². The average molecular weight is 173 g/mol. The fraction of sp³-hybridized carbons (Fsp3) is 0.833. The molecule has 8 heavy (non-hydrogen) atoms. The second-order valence-electron chi connectivity index (χ2n) is 1.68. The van der Waals surface area contributed by atoms with Crippen LogP contribution in [0.3, 0.4) is 0 Å². The molecule has 0 heterocycles. The van der Waals surface area contributed by atoms with Gasteiger partial charge in [0.05, 0.1) is 0 Å². The van der Waals surface area contributed by atoms with Crippen molar-refractivity contribution < 1.29 is 0 Å². The van der Waals surface area contributed by atoms with E-state index in [9.17, 15) is 0 Å². The summed E-state index contributed by atoms with van der Waals surface area (Å²) in [7, 11) is 0. The Bertz CT molecular complexity index is 85.0. The summed E-state index contributed by atoms with van der Waals surface area (Å²) in [5, 5.41) is 10.8. The molecule has 0 radical (unpaired) electrons. The molecule has 0 aromatic carbocycles. The van der Waals surface area contributed by atoms with Crippen molar-refractivity contribution in [2.24, 2.45) is 0 Å². The number of nitriles is 1. The summed E-state index contributed by atoms with van der Waals surface area (Å²) < 4.78 is 0. The van der Waals surface area contributed by atoms with Gasteiger partial charge >= 0.3 is 55.5 Å². The second kappa shape index (κ2) is 5.19. The zero-order chi connectivity index (χ0) is 6.41. The molecule has 0 bridgehead atoms. The standard InChI is InChI=1S/C6H12AsN/c1-3-5-7(4-2)6-8/h3-5H2,1-2H3. The molecule has 2 heteroatoms. The first-order valence-corrected chi connectivity index (χ1v) is 6.59. The van der Waals surface area contributed by atoms with Crippen LogP contribution in [0.4, 0.5) is 0 Å². The molecule has 1 unspecified atom stereocenters. The van der Waals surface area contributed by atoms with Crippen molar-refractivity contribution in [2.75, 3.05) is 0 Å². The number of rotatable bonds is 3. The van der Waals surface area contributed by atoms with Crippen LogP contribution in [-0.4, -0.2) is 14.7 Å². The van der Waals surface area contributed by atoms with Crippen LogP contribution in [-0.2, 0) is 0 Å². The summed E-state index contributed by atoms with van der Waals surface area (Å²) in [6, 6.07) is 0. The predicted octanol–water partition coefficient (Wildman–Crippen LogP) is 1.97. The molecular formula is C6H12AsN. The van der Waals surface area contributed by atoms with E-state index in [0.29, 0.717) is 0 Å². The van der Waals surface area contributed by atoms with Gasteiger partial charge in [-0.1, -0.05) is 0 Å². The fourth-order valence-electron chi connectivity index (χ4n) is 0.549. The third kappa shape index (κ3) is 3.10. The van der Waals surface area contributed by atoms with Crippen molar-refractivity contribution in [2.45, 2.75) is 30.7 Å². The quantitative estimate of drug-likeness (QED) is 0.598. The van der Waals surface area contributed by atoms with E-state index in [-0.39, 0.29) is 0 Å². The van der Waals surface area contributed by atoms with Crippen LogP contribution >= 0.6 is 0 Å². The van der Waals surface area contributed by atoms with E-state index < -0.39 is 14.7 Å². The molecule has 0 saturated carbocycles. The van der Waals surface area contributed by atoms with E-state index in [2.05, 4.69) is 18.7 Å². The monoisotopic (exact) mass is 173 g/mol. The summed E-state index contributed by atoms with van der Waals surface area (Å²) in [4.78, 5) is 2.40. The van der Waals surface area contributed by atoms with Crippen molar-refractivity contribution in [3.8, 4) is 4.86 Å². The van der Waals surface area contributed by atoms with E-state index in [4.69, 9.17) is 5.26 Å². The summed E-state index contributed by atoms with van der Waals surface area (Å²) in [5.41, 5.74) is 0. The van der Waals surface area contributed by atoms with Crippen molar-refractivity contribution in [3.05, 3.63) is 0 Å². The van der Waals surface area contributed by atoms with Crippen LogP contribution in [0.15, 0.2) is 0 Å². The van der Waals surface area contributed by atoms with Gasteiger partial charge in [-0.15, -0.1) is 0 Å². The summed E-state index contributed by atoms with van der Waals surface area (Å²) in [6.45, 7) is 4.27. The van der Waals surface area contributed by atoms with Gasteiger partial charge in [0.25, 0.3) is 0 Å². The van der Waals surface area contributed by atoms with Gasteiger partial charge in [0.1, 0.15) is 0 Å². The summed E-state index contributed by atoms with van der Waals surface area (Å²) in [5.74, 6) is 0. The fourth-order valence-corrected chi connectivity index (χ4v) is 2.85. The van der Waals surface area contributed by atoms with E-state index in [1.165, 1.54) is 11.6 Å². The van der Waals surface area contributed by atoms with Gasteiger partial charge in [0, 0.05) is 0 Å². The van der Waals surface area contributed by atoms with E-state index in [1.54, 1.807) is 0 Å². The summed E-state index contributed by atoms with van der Waals surface area (Å²) >= 11 is -0.946.